The van der Waals surface area contributed by atoms with E-state index in [4.69, 9.17) is 4.74 Å². The maximum Gasteiger partial charge on any atom is 0.262 e. The van der Waals surface area contributed by atoms with E-state index in [1.165, 1.54) is 31.4 Å². The molecular weight excluding hydrogens is 460 g/mol. The molecule has 0 saturated carbocycles. The van der Waals surface area contributed by atoms with Gasteiger partial charge in [0.05, 0.1) is 27.9 Å². The zero-order valence-electron chi connectivity index (χ0n) is 16.4. The van der Waals surface area contributed by atoms with Crippen LogP contribution < -0.4 is 14.8 Å². The van der Waals surface area contributed by atoms with Gasteiger partial charge in [0.2, 0.25) is 0 Å². The maximum absolute atomic E-state index is 13.4. The molecule has 1 heterocycles. The van der Waals surface area contributed by atoms with Crippen molar-refractivity contribution in [2.75, 3.05) is 17.1 Å². The molecule has 4 aromatic rings. The fraction of sp³-hybridized carbons (Fsp3) is 0.0476. The quantitative estimate of drug-likeness (QED) is 0.424. The molecule has 0 saturated heterocycles. The van der Waals surface area contributed by atoms with Gasteiger partial charge in [0, 0.05) is 11.6 Å². The molecule has 0 aliphatic heterocycles. The number of amides is 1. The molecule has 0 atom stereocenters. The van der Waals surface area contributed by atoms with Gasteiger partial charge in [-0.3, -0.25) is 14.8 Å². The summed E-state index contributed by atoms with van der Waals surface area (Å²) in [4.78, 5) is 16.5. The number of nitrogens with one attached hydrogen (secondary N) is 2. The number of benzene rings is 3. The summed E-state index contributed by atoms with van der Waals surface area (Å²) in [5, 5.41) is 2.70. The van der Waals surface area contributed by atoms with Crippen LogP contribution in [0.2, 0.25) is 0 Å². The third-order valence-electron chi connectivity index (χ3n) is 4.43. The van der Waals surface area contributed by atoms with Crippen molar-refractivity contribution in [3.63, 3.8) is 0 Å². The number of halogens is 2. The number of carbonyl (C=O) groups is 1. The largest absolute Gasteiger partial charge is 0.495 e. The van der Waals surface area contributed by atoms with Crippen molar-refractivity contribution in [1.29, 1.82) is 0 Å². The van der Waals surface area contributed by atoms with Gasteiger partial charge >= 0.3 is 0 Å². The zero-order chi connectivity index (χ0) is 22.9. The smallest absolute Gasteiger partial charge is 0.262 e. The normalized spacial score (nSPS) is 11.3. The zero-order valence-corrected chi connectivity index (χ0v) is 18.1. The number of hydrogen-bond donors (Lipinski definition) is 2. The molecule has 2 N–H and O–H groups in total. The summed E-state index contributed by atoms with van der Waals surface area (Å²) in [6, 6.07) is 13.8. The van der Waals surface area contributed by atoms with Crippen LogP contribution >= 0.6 is 11.3 Å². The van der Waals surface area contributed by atoms with Gasteiger partial charge in [0.15, 0.2) is 16.8 Å². The van der Waals surface area contributed by atoms with E-state index in [9.17, 15) is 22.0 Å². The Bertz CT molecular complexity index is 1380. The fourth-order valence-electron chi connectivity index (χ4n) is 2.86. The first-order valence-electron chi connectivity index (χ1n) is 9.09. The van der Waals surface area contributed by atoms with Crippen molar-refractivity contribution in [2.45, 2.75) is 4.90 Å². The van der Waals surface area contributed by atoms with E-state index in [1.807, 2.05) is 0 Å². The molecule has 0 bridgehead atoms. The summed E-state index contributed by atoms with van der Waals surface area (Å²) < 4.78 is 60.0. The highest BCUT2D eigenvalue weighted by molar-refractivity contribution is 7.92. The molecule has 32 heavy (non-hydrogen) atoms. The lowest BCUT2D eigenvalue weighted by Crippen LogP contribution is -2.15. The number of methoxy groups -OCH3 is 1. The van der Waals surface area contributed by atoms with Crippen molar-refractivity contribution < 1.29 is 26.7 Å². The van der Waals surface area contributed by atoms with E-state index in [0.717, 1.165) is 23.5 Å². The van der Waals surface area contributed by atoms with E-state index in [2.05, 4.69) is 15.0 Å². The third kappa shape index (κ3) is 4.39. The Morgan fingerprint density at radius 1 is 1.03 bits per heavy atom. The number of thiazole rings is 1. The second kappa shape index (κ2) is 8.52. The van der Waals surface area contributed by atoms with Crippen LogP contribution in [0, 0.1) is 11.6 Å². The van der Waals surface area contributed by atoms with Crippen molar-refractivity contribution in [2.24, 2.45) is 0 Å². The number of anilines is 2. The lowest BCUT2D eigenvalue weighted by Gasteiger charge is -2.12. The summed E-state index contributed by atoms with van der Waals surface area (Å²) in [6.45, 7) is 0. The molecule has 1 aromatic heterocycles. The van der Waals surface area contributed by atoms with Gasteiger partial charge < -0.3 is 4.74 Å². The first kappa shape index (κ1) is 21.7. The minimum Gasteiger partial charge on any atom is -0.495 e. The topological polar surface area (TPSA) is 97.4 Å². The molecule has 0 spiro atoms. The van der Waals surface area contributed by atoms with Crippen LogP contribution in [0.4, 0.5) is 19.6 Å². The van der Waals surface area contributed by atoms with Crippen LogP contribution in [0.5, 0.6) is 5.75 Å². The summed E-state index contributed by atoms with van der Waals surface area (Å²) >= 11 is 0.988. The Labute approximate surface area is 185 Å². The van der Waals surface area contributed by atoms with E-state index >= 15 is 0 Å². The Morgan fingerprint density at radius 2 is 1.72 bits per heavy atom. The molecule has 164 valence electrons. The van der Waals surface area contributed by atoms with Gasteiger partial charge in [-0.1, -0.05) is 23.5 Å². The SMILES string of the molecule is COc1ccccc1NS(=O)(=O)c1ccc(C(=O)Nc2nc3cc(F)c(F)cc3s2)cc1. The molecule has 0 radical (unpaired) electrons. The highest BCUT2D eigenvalue weighted by Gasteiger charge is 2.18. The fourth-order valence-corrected chi connectivity index (χ4v) is 4.80. The minimum atomic E-state index is -3.92. The van der Waals surface area contributed by atoms with Crippen LogP contribution in [0.3, 0.4) is 0 Å². The van der Waals surface area contributed by atoms with Crippen molar-refractivity contribution in [3.8, 4) is 5.75 Å². The number of hydrogen-bond acceptors (Lipinski definition) is 6. The average molecular weight is 475 g/mol. The van der Waals surface area contributed by atoms with Crippen LogP contribution in [0.1, 0.15) is 10.4 Å². The number of ether oxygens (including phenoxy) is 1. The van der Waals surface area contributed by atoms with Crippen LogP contribution in [0.25, 0.3) is 10.2 Å². The van der Waals surface area contributed by atoms with Crippen molar-refractivity contribution in [1.82, 2.24) is 4.98 Å². The first-order chi connectivity index (χ1) is 15.3. The van der Waals surface area contributed by atoms with Gasteiger partial charge in [0.1, 0.15) is 5.75 Å². The number of nitrogens with zero attached hydrogens (tertiary/aromatic N) is 1. The maximum atomic E-state index is 13.4. The molecule has 0 fully saturated rings. The summed E-state index contributed by atoms with van der Waals surface area (Å²) in [7, 11) is -2.49. The van der Waals surface area contributed by atoms with Crippen LogP contribution in [0.15, 0.2) is 65.6 Å². The highest BCUT2D eigenvalue weighted by Crippen LogP contribution is 2.29. The lowest BCUT2D eigenvalue weighted by atomic mass is 10.2. The Balaban J connectivity index is 1.51. The molecule has 7 nitrogen and oxygen atoms in total. The summed E-state index contributed by atoms with van der Waals surface area (Å²) in [5.41, 5.74) is 0.673. The summed E-state index contributed by atoms with van der Waals surface area (Å²) in [5.74, 6) is -2.22. The van der Waals surface area contributed by atoms with Gasteiger partial charge in [-0.15, -0.1) is 0 Å². The number of para-hydroxylation sites is 2. The Morgan fingerprint density at radius 3 is 2.44 bits per heavy atom. The second-order valence-electron chi connectivity index (χ2n) is 6.54. The number of aromatic nitrogens is 1. The predicted molar refractivity (Wildman–Crippen MR) is 118 cm³/mol. The molecule has 3 aromatic carbocycles. The second-order valence-corrected chi connectivity index (χ2v) is 9.25. The molecule has 0 unspecified atom stereocenters. The van der Waals surface area contributed by atoms with Crippen molar-refractivity contribution in [3.05, 3.63) is 77.9 Å². The monoisotopic (exact) mass is 475 g/mol. The summed E-state index contributed by atoms with van der Waals surface area (Å²) in [6.07, 6.45) is 0. The Hall–Kier alpha value is -3.57. The van der Waals surface area contributed by atoms with Gasteiger partial charge in [-0.25, -0.2) is 22.2 Å². The molecule has 4 rings (SSSR count). The number of fused-ring (bicyclic) bond motifs is 1. The highest BCUT2D eigenvalue weighted by atomic mass is 32.2. The van der Waals surface area contributed by atoms with E-state index < -0.39 is 27.6 Å². The predicted octanol–water partition coefficient (Wildman–Crippen LogP) is 4.64. The minimum absolute atomic E-state index is 0.0501. The molecule has 0 aliphatic carbocycles. The van der Waals surface area contributed by atoms with Gasteiger partial charge in [0.25, 0.3) is 15.9 Å². The molecular formula is C21H15F2N3O4S2. The first-order valence-corrected chi connectivity index (χ1v) is 11.4. The lowest BCUT2D eigenvalue weighted by molar-refractivity contribution is 0.102. The number of carbonyl (C=O) groups excluding carboxylic acids is 1. The average Bonchev–Trinajstić information content (AvgIpc) is 3.15. The van der Waals surface area contributed by atoms with E-state index in [0.29, 0.717) is 10.4 Å². The van der Waals surface area contributed by atoms with Crippen LogP contribution in [-0.4, -0.2) is 26.4 Å². The van der Waals surface area contributed by atoms with Crippen LogP contribution in [-0.2, 0) is 10.0 Å². The van der Waals surface area contributed by atoms with E-state index in [1.54, 1.807) is 24.3 Å². The molecule has 0 aliphatic rings. The van der Waals surface area contributed by atoms with E-state index in [-0.39, 0.29) is 26.8 Å². The third-order valence-corrected chi connectivity index (χ3v) is 6.74. The number of sulfonamides is 1. The van der Waals surface area contributed by atoms with Gasteiger partial charge in [-0.05, 0) is 42.5 Å². The molecule has 1 amide bonds. The number of rotatable bonds is 6. The standard InChI is InChI=1S/C21H15F2N3O4S2/c1-30-18-5-3-2-4-16(18)26-32(28,29)13-8-6-12(7-9-13)20(27)25-21-24-17-10-14(22)15(23)11-19(17)31-21/h2-11,26H,1H3,(H,24,25,27). The Kier molecular flexibility index (Phi) is 5.76. The van der Waals surface area contributed by atoms with Gasteiger partial charge in [-0.2, -0.15) is 0 Å². The molecule has 11 heteroatoms. The van der Waals surface area contributed by atoms with Crippen molar-refractivity contribution >= 4 is 48.3 Å².